The molecule has 0 amide bonds. The van der Waals surface area contributed by atoms with Gasteiger partial charge in [-0.2, -0.15) is 0 Å². The summed E-state index contributed by atoms with van der Waals surface area (Å²) in [5.74, 6) is 0.508. The summed E-state index contributed by atoms with van der Waals surface area (Å²) in [4.78, 5) is 6.26. The molecule has 122 valence electrons. The van der Waals surface area contributed by atoms with Crippen molar-refractivity contribution in [2.75, 3.05) is 25.4 Å². The Balaban J connectivity index is 1.91. The van der Waals surface area contributed by atoms with E-state index in [1.165, 1.54) is 12.1 Å². The molecule has 5 nitrogen and oxygen atoms in total. The van der Waals surface area contributed by atoms with E-state index in [0.29, 0.717) is 11.9 Å². The lowest BCUT2D eigenvalue weighted by atomic mass is 10.00. The van der Waals surface area contributed by atoms with Crippen molar-refractivity contribution in [1.82, 2.24) is 4.90 Å². The number of rotatable bonds is 4. The molecule has 1 fully saturated rings. The monoisotopic (exact) mass is 327 g/mol. The quantitative estimate of drug-likeness (QED) is 0.518. The highest BCUT2D eigenvalue weighted by Gasteiger charge is 2.18. The van der Waals surface area contributed by atoms with Crippen LogP contribution in [-0.2, 0) is 9.84 Å². The zero-order chi connectivity index (χ0) is 16.2. The number of halogens is 1. The molecule has 0 unspecified atom stereocenters. The van der Waals surface area contributed by atoms with Gasteiger partial charge in [0.05, 0.1) is 17.2 Å². The first-order chi connectivity index (χ1) is 10.4. The molecule has 0 aliphatic carbocycles. The van der Waals surface area contributed by atoms with Crippen molar-refractivity contribution < 1.29 is 12.8 Å². The molecule has 1 aromatic carbocycles. The zero-order valence-electron chi connectivity index (χ0n) is 12.7. The molecule has 0 aromatic heterocycles. The van der Waals surface area contributed by atoms with E-state index in [-0.39, 0.29) is 17.2 Å². The van der Waals surface area contributed by atoms with Gasteiger partial charge in [0.1, 0.15) is 5.82 Å². The highest BCUT2D eigenvalue weighted by molar-refractivity contribution is 7.91. The van der Waals surface area contributed by atoms with E-state index < -0.39 is 15.7 Å². The van der Waals surface area contributed by atoms with Gasteiger partial charge < -0.3 is 10.6 Å². The maximum Gasteiger partial charge on any atom is 0.191 e. The van der Waals surface area contributed by atoms with Crippen molar-refractivity contribution in [3.8, 4) is 0 Å². The van der Waals surface area contributed by atoms with Gasteiger partial charge in [-0.05, 0) is 43.0 Å². The Kier molecular flexibility index (Phi) is 5.39. The Bertz CT molecular complexity index is 621. The number of hydrogen-bond acceptors (Lipinski definition) is 3. The van der Waals surface area contributed by atoms with Crippen LogP contribution in [-0.4, -0.2) is 44.7 Å². The van der Waals surface area contributed by atoms with E-state index in [1.54, 1.807) is 0 Å². The third kappa shape index (κ3) is 4.43. The molecule has 7 heteroatoms. The number of nitrogens with two attached hydrogens (primary N) is 1. The fourth-order valence-corrected chi connectivity index (χ4v) is 3.50. The molecule has 1 heterocycles. The zero-order valence-corrected chi connectivity index (χ0v) is 13.5. The van der Waals surface area contributed by atoms with Crippen molar-refractivity contribution >= 4 is 15.8 Å². The molecular weight excluding hydrogens is 305 g/mol. The highest BCUT2D eigenvalue weighted by Crippen LogP contribution is 2.15. The van der Waals surface area contributed by atoms with Crippen LogP contribution < -0.4 is 5.73 Å². The van der Waals surface area contributed by atoms with Crippen molar-refractivity contribution in [3.05, 3.63) is 30.1 Å². The van der Waals surface area contributed by atoms with Crippen LogP contribution in [0, 0.1) is 11.7 Å². The number of hydrogen-bond donors (Lipinski definition) is 1. The van der Waals surface area contributed by atoms with E-state index in [1.807, 2.05) is 4.90 Å². The Morgan fingerprint density at radius 2 is 1.91 bits per heavy atom. The molecular formula is C15H22FN3O2S. The van der Waals surface area contributed by atoms with Crippen LogP contribution in [0.15, 0.2) is 34.2 Å². The van der Waals surface area contributed by atoms with Crippen LogP contribution in [0.4, 0.5) is 4.39 Å². The molecule has 1 aliphatic rings. The molecule has 0 saturated carbocycles. The maximum absolute atomic E-state index is 12.8. The first kappa shape index (κ1) is 16.7. The summed E-state index contributed by atoms with van der Waals surface area (Å²) >= 11 is 0. The normalized spacial score (nSPS) is 17.7. The van der Waals surface area contributed by atoms with Crippen LogP contribution in [0.1, 0.15) is 19.8 Å². The van der Waals surface area contributed by atoms with E-state index in [9.17, 15) is 12.8 Å². The minimum atomic E-state index is -3.46. The van der Waals surface area contributed by atoms with Crippen LogP contribution in [0.5, 0.6) is 0 Å². The largest absolute Gasteiger partial charge is 0.370 e. The van der Waals surface area contributed by atoms with Crippen LogP contribution in [0.2, 0.25) is 0 Å². The van der Waals surface area contributed by atoms with Gasteiger partial charge in [0.2, 0.25) is 0 Å². The molecule has 2 rings (SSSR count). The number of likely N-dealkylation sites (tertiary alicyclic amines) is 1. The summed E-state index contributed by atoms with van der Waals surface area (Å²) in [6.45, 7) is 4.04. The van der Waals surface area contributed by atoms with Gasteiger partial charge in [0, 0.05) is 13.1 Å². The second-order valence-electron chi connectivity index (χ2n) is 5.68. The van der Waals surface area contributed by atoms with Gasteiger partial charge in [0.15, 0.2) is 15.8 Å². The average molecular weight is 327 g/mol. The Morgan fingerprint density at radius 1 is 1.32 bits per heavy atom. The van der Waals surface area contributed by atoms with Crippen molar-refractivity contribution in [2.24, 2.45) is 16.6 Å². The van der Waals surface area contributed by atoms with Crippen molar-refractivity contribution in [3.63, 3.8) is 0 Å². The topological polar surface area (TPSA) is 75.8 Å². The Morgan fingerprint density at radius 3 is 2.50 bits per heavy atom. The maximum atomic E-state index is 12.8. The smallest absolute Gasteiger partial charge is 0.191 e. The lowest BCUT2D eigenvalue weighted by molar-refractivity contribution is 0.278. The van der Waals surface area contributed by atoms with E-state index in [2.05, 4.69) is 11.9 Å². The van der Waals surface area contributed by atoms with E-state index in [0.717, 1.165) is 38.1 Å². The van der Waals surface area contributed by atoms with Crippen LogP contribution in [0.3, 0.4) is 0 Å². The lowest BCUT2D eigenvalue weighted by Gasteiger charge is -2.31. The van der Waals surface area contributed by atoms with Gasteiger partial charge in [0.25, 0.3) is 0 Å². The number of piperidine rings is 1. The molecule has 1 aliphatic heterocycles. The minimum absolute atomic E-state index is 0.106. The first-order valence-corrected chi connectivity index (χ1v) is 9.07. The molecule has 22 heavy (non-hydrogen) atoms. The molecule has 0 atom stereocenters. The second kappa shape index (κ2) is 7.09. The van der Waals surface area contributed by atoms with E-state index >= 15 is 0 Å². The standard InChI is InChI=1S/C15H22FN3O2S/c1-12-6-9-19(10-7-12)15(17)18-8-11-22(20,21)14-4-2-13(16)3-5-14/h2-5,12H,6-11H2,1H3,(H2,17,18). The van der Waals surface area contributed by atoms with Crippen molar-refractivity contribution in [1.29, 1.82) is 0 Å². The van der Waals surface area contributed by atoms with Gasteiger partial charge >= 0.3 is 0 Å². The van der Waals surface area contributed by atoms with Crippen LogP contribution >= 0.6 is 0 Å². The molecule has 1 saturated heterocycles. The number of aliphatic imine (C=N–C) groups is 1. The Hall–Kier alpha value is -1.63. The number of sulfone groups is 1. The number of benzene rings is 1. The molecule has 0 spiro atoms. The minimum Gasteiger partial charge on any atom is -0.370 e. The van der Waals surface area contributed by atoms with Gasteiger partial charge in [-0.15, -0.1) is 0 Å². The summed E-state index contributed by atoms with van der Waals surface area (Å²) in [6.07, 6.45) is 2.15. The number of guanidine groups is 1. The van der Waals surface area contributed by atoms with Gasteiger partial charge in [-0.1, -0.05) is 6.92 Å². The molecule has 1 aromatic rings. The summed E-state index contributed by atoms with van der Waals surface area (Å²) in [5, 5.41) is 0. The summed E-state index contributed by atoms with van der Waals surface area (Å²) in [6, 6.07) is 4.81. The fraction of sp³-hybridized carbons (Fsp3) is 0.533. The van der Waals surface area contributed by atoms with Gasteiger partial charge in [-0.3, -0.25) is 4.99 Å². The molecule has 0 radical (unpaired) electrons. The molecule has 2 N–H and O–H groups in total. The van der Waals surface area contributed by atoms with Crippen molar-refractivity contribution in [2.45, 2.75) is 24.7 Å². The first-order valence-electron chi connectivity index (χ1n) is 7.41. The Labute approximate surface area is 130 Å². The van der Waals surface area contributed by atoms with E-state index in [4.69, 9.17) is 5.73 Å². The molecule has 0 bridgehead atoms. The third-order valence-corrected chi connectivity index (χ3v) is 5.62. The lowest BCUT2D eigenvalue weighted by Crippen LogP contribution is -2.42. The predicted octanol–water partition coefficient (Wildman–Crippen LogP) is 1.65. The van der Waals surface area contributed by atoms with Gasteiger partial charge in [-0.25, -0.2) is 12.8 Å². The second-order valence-corrected chi connectivity index (χ2v) is 7.79. The predicted molar refractivity (Wildman–Crippen MR) is 84.9 cm³/mol. The SMILES string of the molecule is CC1CCN(C(N)=NCCS(=O)(=O)c2ccc(F)cc2)CC1. The number of nitrogens with zero attached hydrogens (tertiary/aromatic N) is 2. The van der Waals surface area contributed by atoms with Crippen LogP contribution in [0.25, 0.3) is 0 Å². The summed E-state index contributed by atoms with van der Waals surface area (Å²) in [5.41, 5.74) is 5.91. The fourth-order valence-electron chi connectivity index (χ4n) is 2.38. The third-order valence-electron chi connectivity index (χ3n) is 3.91. The average Bonchev–Trinajstić information content (AvgIpc) is 2.48. The summed E-state index contributed by atoms with van der Waals surface area (Å²) < 4.78 is 37.0. The highest BCUT2D eigenvalue weighted by atomic mass is 32.2. The summed E-state index contributed by atoms with van der Waals surface area (Å²) in [7, 11) is -3.46.